The molecule has 0 amide bonds. The van der Waals surface area contributed by atoms with E-state index in [9.17, 15) is 22.3 Å². The van der Waals surface area contributed by atoms with Gasteiger partial charge in [0.25, 0.3) is 10.0 Å². The van der Waals surface area contributed by atoms with Crippen molar-refractivity contribution in [2.75, 3.05) is 4.72 Å². The van der Waals surface area contributed by atoms with Gasteiger partial charge in [-0.1, -0.05) is 25.4 Å². The molecule has 0 saturated heterocycles. The van der Waals surface area contributed by atoms with Crippen molar-refractivity contribution < 1.29 is 22.3 Å². The molecule has 0 bridgehead atoms. The molecule has 0 fully saturated rings. The number of anilines is 1. The summed E-state index contributed by atoms with van der Waals surface area (Å²) >= 11 is 6.66. The summed E-state index contributed by atoms with van der Waals surface area (Å²) in [6.07, 6.45) is 0.822. The van der Waals surface area contributed by atoms with Crippen LogP contribution in [0.1, 0.15) is 32.4 Å². The Kier molecular flexibility index (Phi) is 5.48. The van der Waals surface area contributed by atoms with Crippen molar-refractivity contribution in [3.8, 4) is 0 Å². The molecule has 0 aliphatic heterocycles. The molecule has 2 N–H and O–H groups in total. The van der Waals surface area contributed by atoms with E-state index in [1.165, 1.54) is 5.38 Å². The van der Waals surface area contributed by atoms with Gasteiger partial charge in [-0.2, -0.15) is 0 Å². The Labute approximate surface area is 147 Å². The van der Waals surface area contributed by atoms with Crippen LogP contribution in [0, 0.1) is 11.6 Å². The highest BCUT2D eigenvalue weighted by molar-refractivity contribution is 7.93. The molecule has 2 rings (SSSR count). The minimum absolute atomic E-state index is 0.00822. The minimum atomic E-state index is -4.25. The van der Waals surface area contributed by atoms with E-state index in [1.807, 2.05) is 0 Å². The van der Waals surface area contributed by atoms with Crippen LogP contribution in [0.15, 0.2) is 22.4 Å². The van der Waals surface area contributed by atoms with Crippen LogP contribution in [0.3, 0.4) is 0 Å². The first-order valence-corrected chi connectivity index (χ1v) is 9.72. The molecule has 24 heavy (non-hydrogen) atoms. The Balaban J connectivity index is 2.34. The number of thiazole rings is 1. The molecule has 0 spiro atoms. The predicted molar refractivity (Wildman–Crippen MR) is 88.8 cm³/mol. The van der Waals surface area contributed by atoms with Gasteiger partial charge in [0.05, 0.1) is 10.7 Å². The quantitative estimate of drug-likeness (QED) is 0.726. The molecular weight excluding hydrogens is 382 g/mol. The standard InChI is InChI=1S/C14H15ClF2N2O3S2/c1-3-14(20,4-2)12-7-23-13(18-12)19-24(21,22)11-6-10(17)9(16)5-8(11)15/h5-7,20H,3-4H2,1-2H3,(H,18,19). The van der Waals surface area contributed by atoms with E-state index in [1.54, 1.807) is 13.8 Å². The fourth-order valence-electron chi connectivity index (χ4n) is 2.03. The third-order valence-corrected chi connectivity index (χ3v) is 6.33. The maximum Gasteiger partial charge on any atom is 0.265 e. The van der Waals surface area contributed by atoms with Gasteiger partial charge in [-0.25, -0.2) is 22.2 Å². The fraction of sp³-hybridized carbons (Fsp3) is 0.357. The minimum Gasteiger partial charge on any atom is -0.384 e. The monoisotopic (exact) mass is 396 g/mol. The summed E-state index contributed by atoms with van der Waals surface area (Å²) in [5.41, 5.74) is -0.814. The van der Waals surface area contributed by atoms with Crippen molar-refractivity contribution >= 4 is 38.1 Å². The van der Waals surface area contributed by atoms with Crippen molar-refractivity contribution in [2.24, 2.45) is 0 Å². The first-order chi connectivity index (χ1) is 11.1. The predicted octanol–water partition coefficient (Wildman–Crippen LogP) is 3.88. The van der Waals surface area contributed by atoms with Crippen molar-refractivity contribution in [1.29, 1.82) is 0 Å². The zero-order chi connectivity index (χ0) is 18.1. The van der Waals surface area contributed by atoms with E-state index in [-0.39, 0.29) is 5.13 Å². The molecule has 10 heteroatoms. The smallest absolute Gasteiger partial charge is 0.265 e. The molecule has 0 unspecified atom stereocenters. The van der Waals surface area contributed by atoms with Gasteiger partial charge < -0.3 is 5.11 Å². The van der Waals surface area contributed by atoms with E-state index in [4.69, 9.17) is 11.6 Å². The third kappa shape index (κ3) is 3.69. The lowest BCUT2D eigenvalue weighted by molar-refractivity contribution is 0.0247. The molecular formula is C14H15ClF2N2O3S2. The van der Waals surface area contributed by atoms with Crippen LogP contribution >= 0.6 is 22.9 Å². The third-order valence-electron chi connectivity index (χ3n) is 3.64. The lowest BCUT2D eigenvalue weighted by Gasteiger charge is -2.22. The molecule has 1 aromatic heterocycles. The van der Waals surface area contributed by atoms with E-state index >= 15 is 0 Å². The number of aliphatic hydroxyl groups is 1. The van der Waals surface area contributed by atoms with Crippen molar-refractivity contribution in [1.82, 2.24) is 4.98 Å². The lowest BCUT2D eigenvalue weighted by Crippen LogP contribution is -2.24. The Morgan fingerprint density at radius 2 is 1.88 bits per heavy atom. The number of hydrogen-bond donors (Lipinski definition) is 2. The number of halogens is 3. The number of nitrogens with zero attached hydrogens (tertiary/aromatic N) is 1. The highest BCUT2D eigenvalue weighted by atomic mass is 35.5. The number of sulfonamides is 1. The summed E-state index contributed by atoms with van der Waals surface area (Å²) in [4.78, 5) is 3.48. The molecule has 0 aliphatic carbocycles. The van der Waals surface area contributed by atoms with Crippen LogP contribution in [-0.2, 0) is 15.6 Å². The summed E-state index contributed by atoms with van der Waals surface area (Å²) in [6.45, 7) is 3.57. The van der Waals surface area contributed by atoms with Gasteiger partial charge in [-0.05, 0) is 25.0 Å². The van der Waals surface area contributed by atoms with Crippen molar-refractivity contribution in [3.05, 3.63) is 39.9 Å². The van der Waals surface area contributed by atoms with Crippen LogP contribution in [-0.4, -0.2) is 18.5 Å². The summed E-state index contributed by atoms with van der Waals surface area (Å²) in [6, 6.07) is 1.09. The van der Waals surface area contributed by atoms with Gasteiger partial charge in [0.15, 0.2) is 16.8 Å². The lowest BCUT2D eigenvalue weighted by atomic mass is 9.94. The zero-order valence-corrected chi connectivity index (χ0v) is 15.2. The van der Waals surface area contributed by atoms with E-state index in [0.717, 1.165) is 11.3 Å². The maximum absolute atomic E-state index is 13.3. The second kappa shape index (κ2) is 6.91. The summed E-state index contributed by atoms with van der Waals surface area (Å²) in [5, 5.41) is 11.5. The second-order valence-corrected chi connectivity index (χ2v) is 7.99. The number of nitrogens with one attached hydrogen (secondary N) is 1. The van der Waals surface area contributed by atoms with Crippen LogP contribution in [0.25, 0.3) is 0 Å². The maximum atomic E-state index is 13.3. The number of aromatic nitrogens is 1. The SMILES string of the molecule is CCC(O)(CC)c1csc(NS(=O)(=O)c2cc(F)c(F)cc2Cl)n1. The van der Waals surface area contributed by atoms with Gasteiger partial charge in [0.2, 0.25) is 0 Å². The largest absolute Gasteiger partial charge is 0.384 e. The average Bonchev–Trinajstić information content (AvgIpc) is 2.98. The van der Waals surface area contributed by atoms with E-state index in [0.29, 0.717) is 30.7 Å². The van der Waals surface area contributed by atoms with Gasteiger partial charge in [-0.15, -0.1) is 11.3 Å². The first kappa shape index (κ1) is 19.0. The topological polar surface area (TPSA) is 79.3 Å². The highest BCUT2D eigenvalue weighted by Crippen LogP contribution is 2.32. The fourth-order valence-corrected chi connectivity index (χ4v) is 4.61. The Morgan fingerprint density at radius 1 is 1.29 bits per heavy atom. The second-order valence-electron chi connectivity index (χ2n) is 5.08. The molecule has 0 atom stereocenters. The van der Waals surface area contributed by atoms with Crippen LogP contribution in [0.5, 0.6) is 0 Å². The zero-order valence-electron chi connectivity index (χ0n) is 12.8. The molecule has 0 aliphatic rings. The van der Waals surface area contributed by atoms with E-state index < -0.39 is 37.2 Å². The van der Waals surface area contributed by atoms with Crippen LogP contribution in [0.2, 0.25) is 5.02 Å². The number of benzene rings is 1. The summed E-state index contributed by atoms with van der Waals surface area (Å²) in [7, 11) is -4.25. The highest BCUT2D eigenvalue weighted by Gasteiger charge is 2.29. The summed E-state index contributed by atoms with van der Waals surface area (Å²) < 4.78 is 53.1. The molecule has 0 saturated carbocycles. The molecule has 5 nitrogen and oxygen atoms in total. The Bertz CT molecular complexity index is 852. The van der Waals surface area contributed by atoms with Gasteiger partial charge >= 0.3 is 0 Å². The van der Waals surface area contributed by atoms with Crippen LogP contribution in [0.4, 0.5) is 13.9 Å². The average molecular weight is 397 g/mol. The van der Waals surface area contributed by atoms with Gasteiger partial charge in [0.1, 0.15) is 10.5 Å². The molecule has 132 valence electrons. The number of rotatable bonds is 6. The summed E-state index contributed by atoms with van der Waals surface area (Å²) in [5.74, 6) is -2.57. The number of hydrogen-bond acceptors (Lipinski definition) is 5. The Hall–Kier alpha value is -1.29. The van der Waals surface area contributed by atoms with Crippen LogP contribution < -0.4 is 4.72 Å². The van der Waals surface area contributed by atoms with Gasteiger partial charge in [-0.3, -0.25) is 4.72 Å². The molecule has 1 heterocycles. The normalized spacial score (nSPS) is 12.4. The molecule has 0 radical (unpaired) electrons. The molecule has 1 aromatic carbocycles. The first-order valence-electron chi connectivity index (χ1n) is 6.98. The van der Waals surface area contributed by atoms with Crippen molar-refractivity contribution in [3.63, 3.8) is 0 Å². The molecule has 2 aromatic rings. The van der Waals surface area contributed by atoms with Crippen molar-refractivity contribution in [2.45, 2.75) is 37.2 Å². The van der Waals surface area contributed by atoms with Gasteiger partial charge in [0, 0.05) is 5.38 Å². The Morgan fingerprint density at radius 3 is 2.46 bits per heavy atom. The van der Waals surface area contributed by atoms with E-state index in [2.05, 4.69) is 9.71 Å².